The third-order valence-electron chi connectivity index (χ3n) is 3.43. The molecule has 2 atom stereocenters. The Hall–Kier alpha value is -1.47. The third-order valence-corrected chi connectivity index (χ3v) is 3.43. The van der Waals surface area contributed by atoms with E-state index in [1.807, 2.05) is 6.92 Å². The fourth-order valence-electron chi connectivity index (χ4n) is 2.31. The second kappa shape index (κ2) is 7.69. The highest BCUT2D eigenvalue weighted by Crippen LogP contribution is 2.23. The molecule has 1 heterocycles. The van der Waals surface area contributed by atoms with E-state index in [1.54, 1.807) is 0 Å². The van der Waals surface area contributed by atoms with E-state index in [9.17, 15) is 18.0 Å². The van der Waals surface area contributed by atoms with Gasteiger partial charge in [-0.15, -0.1) is 25.6 Å². The van der Waals surface area contributed by atoms with E-state index in [0.717, 1.165) is 31.6 Å². The molecule has 2 rings (SSSR count). The number of rotatable bonds is 3. The van der Waals surface area contributed by atoms with Crippen molar-refractivity contribution in [3.05, 3.63) is 29.8 Å². The number of halogens is 4. The van der Waals surface area contributed by atoms with Crippen LogP contribution in [0.1, 0.15) is 23.7 Å². The summed E-state index contributed by atoms with van der Waals surface area (Å²) in [6.07, 6.45) is -3.97. The van der Waals surface area contributed by atoms with Crippen LogP contribution in [0.3, 0.4) is 0 Å². The molecule has 0 spiro atoms. The van der Waals surface area contributed by atoms with Gasteiger partial charge in [-0.2, -0.15) is 0 Å². The van der Waals surface area contributed by atoms with Crippen molar-refractivity contribution in [3.8, 4) is 5.75 Å². The number of ether oxygens (including phenoxy) is 1. The maximum atomic E-state index is 12.2. The van der Waals surface area contributed by atoms with E-state index >= 15 is 0 Å². The van der Waals surface area contributed by atoms with Crippen LogP contribution in [0.15, 0.2) is 24.3 Å². The predicted octanol–water partition coefficient (Wildman–Crippen LogP) is 2.73. The number of carbonyl (C=O) groups excluding carboxylic acids is 1. The van der Waals surface area contributed by atoms with E-state index in [4.69, 9.17) is 0 Å². The average Bonchev–Trinajstić information content (AvgIpc) is 2.39. The molecule has 0 saturated carbocycles. The normalized spacial score (nSPS) is 21.6. The van der Waals surface area contributed by atoms with Crippen LogP contribution in [0.2, 0.25) is 0 Å². The topological polar surface area (TPSA) is 50.4 Å². The number of carbonyl (C=O) groups is 1. The molecule has 8 heteroatoms. The van der Waals surface area contributed by atoms with Gasteiger partial charge in [0.2, 0.25) is 0 Å². The number of alkyl halides is 3. The van der Waals surface area contributed by atoms with E-state index in [-0.39, 0.29) is 35.8 Å². The van der Waals surface area contributed by atoms with Crippen LogP contribution in [-0.2, 0) is 0 Å². The zero-order valence-corrected chi connectivity index (χ0v) is 12.8. The van der Waals surface area contributed by atoms with Crippen molar-refractivity contribution >= 4 is 18.3 Å². The minimum atomic E-state index is -4.77. The van der Waals surface area contributed by atoms with Crippen molar-refractivity contribution in [2.45, 2.75) is 25.7 Å². The molecule has 1 amide bonds. The molecule has 1 saturated heterocycles. The molecule has 0 bridgehead atoms. The van der Waals surface area contributed by atoms with E-state index < -0.39 is 12.1 Å². The number of nitrogens with one attached hydrogen (secondary N) is 2. The summed E-state index contributed by atoms with van der Waals surface area (Å²) in [4.78, 5) is 12.1. The van der Waals surface area contributed by atoms with E-state index in [2.05, 4.69) is 15.4 Å². The first kappa shape index (κ1) is 18.6. The van der Waals surface area contributed by atoms with Crippen molar-refractivity contribution in [2.75, 3.05) is 13.1 Å². The van der Waals surface area contributed by atoms with Crippen LogP contribution >= 0.6 is 12.4 Å². The largest absolute Gasteiger partial charge is 0.573 e. The molecular weight excluding hydrogens is 321 g/mol. The average molecular weight is 339 g/mol. The maximum absolute atomic E-state index is 12.2. The lowest BCUT2D eigenvalue weighted by Gasteiger charge is -2.30. The van der Waals surface area contributed by atoms with Gasteiger partial charge in [-0.05, 0) is 43.6 Å². The Labute approximate surface area is 132 Å². The highest BCUT2D eigenvalue weighted by Gasteiger charge is 2.31. The van der Waals surface area contributed by atoms with Gasteiger partial charge in [0.05, 0.1) is 0 Å². The molecule has 2 N–H and O–H groups in total. The summed E-state index contributed by atoms with van der Waals surface area (Å²) >= 11 is 0. The second-order valence-corrected chi connectivity index (χ2v) is 5.13. The molecule has 1 fully saturated rings. The van der Waals surface area contributed by atoms with E-state index in [0.29, 0.717) is 0 Å². The zero-order valence-electron chi connectivity index (χ0n) is 11.9. The smallest absolute Gasteiger partial charge is 0.406 e. The molecule has 22 heavy (non-hydrogen) atoms. The first-order valence-electron chi connectivity index (χ1n) is 6.72. The minimum absolute atomic E-state index is 0. The summed E-state index contributed by atoms with van der Waals surface area (Å²) in [6, 6.07) is 5.10. The Morgan fingerprint density at radius 1 is 1.41 bits per heavy atom. The minimum Gasteiger partial charge on any atom is -0.406 e. The molecule has 124 valence electrons. The van der Waals surface area contributed by atoms with Gasteiger partial charge in [0.1, 0.15) is 5.75 Å². The Bertz CT molecular complexity index is 511. The molecule has 2 unspecified atom stereocenters. The number of benzene rings is 1. The van der Waals surface area contributed by atoms with Crippen molar-refractivity contribution in [1.82, 2.24) is 10.6 Å². The highest BCUT2D eigenvalue weighted by molar-refractivity contribution is 5.94. The third kappa shape index (κ3) is 5.38. The molecule has 0 aromatic heterocycles. The first-order chi connectivity index (χ1) is 9.85. The van der Waals surface area contributed by atoms with Gasteiger partial charge in [0.25, 0.3) is 5.91 Å². The zero-order chi connectivity index (χ0) is 15.5. The number of piperidine rings is 1. The van der Waals surface area contributed by atoms with Gasteiger partial charge in [-0.25, -0.2) is 0 Å². The lowest BCUT2D eigenvalue weighted by atomic mass is 9.95. The van der Waals surface area contributed by atoms with Crippen LogP contribution < -0.4 is 15.4 Å². The summed E-state index contributed by atoms with van der Waals surface area (Å²) in [5, 5.41) is 6.08. The van der Waals surface area contributed by atoms with Gasteiger partial charge < -0.3 is 15.4 Å². The molecule has 1 aliphatic heterocycles. The highest BCUT2D eigenvalue weighted by atomic mass is 35.5. The summed E-state index contributed by atoms with van der Waals surface area (Å²) in [7, 11) is 0. The number of hydrogen-bond acceptors (Lipinski definition) is 3. The maximum Gasteiger partial charge on any atom is 0.573 e. The molecule has 1 aromatic carbocycles. The van der Waals surface area contributed by atoms with Crippen LogP contribution in [0.25, 0.3) is 0 Å². The Kier molecular flexibility index (Phi) is 6.49. The lowest BCUT2D eigenvalue weighted by molar-refractivity contribution is -0.274. The van der Waals surface area contributed by atoms with Crippen molar-refractivity contribution in [3.63, 3.8) is 0 Å². The molecule has 4 nitrogen and oxygen atoms in total. The molecule has 0 radical (unpaired) electrons. The van der Waals surface area contributed by atoms with Gasteiger partial charge in [0.15, 0.2) is 0 Å². The molecule has 1 aliphatic rings. The fourth-order valence-corrected chi connectivity index (χ4v) is 2.31. The van der Waals surface area contributed by atoms with Gasteiger partial charge in [-0.3, -0.25) is 4.79 Å². The summed E-state index contributed by atoms with van der Waals surface area (Å²) in [5.41, 5.74) is 0.155. The Balaban J connectivity index is 0.00000242. The summed E-state index contributed by atoms with van der Waals surface area (Å²) < 4.78 is 40.3. The molecule has 0 aliphatic carbocycles. The van der Waals surface area contributed by atoms with Crippen LogP contribution in [0, 0.1) is 5.92 Å². The fraction of sp³-hybridized carbons (Fsp3) is 0.500. The predicted molar refractivity (Wildman–Crippen MR) is 78.3 cm³/mol. The van der Waals surface area contributed by atoms with Gasteiger partial charge >= 0.3 is 6.36 Å². The van der Waals surface area contributed by atoms with Crippen molar-refractivity contribution < 1.29 is 22.7 Å². The van der Waals surface area contributed by atoms with Gasteiger partial charge in [-0.1, -0.05) is 13.0 Å². The standard InChI is InChI=1S/C14H17F3N2O2.ClH/c1-9-8-18-6-5-12(9)19-13(20)10-3-2-4-11(7-10)21-14(15,16)17;/h2-4,7,9,12,18H,5-6,8H2,1H3,(H,19,20);1H. The van der Waals surface area contributed by atoms with Crippen LogP contribution in [-0.4, -0.2) is 31.4 Å². The van der Waals surface area contributed by atoms with Crippen LogP contribution in [0.5, 0.6) is 5.75 Å². The van der Waals surface area contributed by atoms with E-state index in [1.165, 1.54) is 12.1 Å². The molecule has 1 aromatic rings. The summed E-state index contributed by atoms with van der Waals surface area (Å²) in [6.45, 7) is 3.63. The number of hydrogen-bond donors (Lipinski definition) is 2. The van der Waals surface area contributed by atoms with Crippen LogP contribution in [0.4, 0.5) is 13.2 Å². The SMILES string of the molecule is CC1CNCCC1NC(=O)c1cccc(OC(F)(F)F)c1.Cl. The lowest BCUT2D eigenvalue weighted by Crippen LogP contribution is -2.48. The Morgan fingerprint density at radius 2 is 2.14 bits per heavy atom. The Morgan fingerprint density at radius 3 is 2.77 bits per heavy atom. The number of amides is 1. The molecular formula is C14H18ClF3N2O2. The summed E-state index contributed by atoms with van der Waals surface area (Å²) in [5.74, 6) is -0.507. The van der Waals surface area contributed by atoms with Gasteiger partial charge in [0, 0.05) is 11.6 Å². The first-order valence-corrected chi connectivity index (χ1v) is 6.72. The van der Waals surface area contributed by atoms with Crippen molar-refractivity contribution in [1.29, 1.82) is 0 Å². The quantitative estimate of drug-likeness (QED) is 0.891. The monoisotopic (exact) mass is 338 g/mol. The van der Waals surface area contributed by atoms with Crippen molar-refractivity contribution in [2.24, 2.45) is 5.92 Å². The second-order valence-electron chi connectivity index (χ2n) is 5.13.